The van der Waals surface area contributed by atoms with Gasteiger partial charge in [0.05, 0.1) is 5.60 Å². The number of halogens is 2. The van der Waals surface area contributed by atoms with Crippen molar-refractivity contribution in [3.63, 3.8) is 0 Å². The zero-order valence-corrected chi connectivity index (χ0v) is 13.9. The van der Waals surface area contributed by atoms with E-state index < -0.39 is 11.6 Å². The van der Waals surface area contributed by atoms with Crippen molar-refractivity contribution < 1.29 is 18.3 Å². The Balaban J connectivity index is 1.49. The van der Waals surface area contributed by atoms with E-state index in [0.29, 0.717) is 18.4 Å². The highest BCUT2D eigenvalue weighted by Crippen LogP contribution is 2.59. The summed E-state index contributed by atoms with van der Waals surface area (Å²) in [5, 5.41) is 2.91. The van der Waals surface area contributed by atoms with Gasteiger partial charge in [-0.15, -0.1) is 0 Å². The lowest BCUT2D eigenvalue weighted by Crippen LogP contribution is -2.63. The van der Waals surface area contributed by atoms with Crippen LogP contribution in [-0.2, 0) is 4.74 Å². The molecule has 4 saturated carbocycles. The number of benzene rings is 1. The molecule has 1 aromatic carbocycles. The number of nitrogens with one attached hydrogen (secondary N) is 1. The Labute approximate surface area is 140 Å². The summed E-state index contributed by atoms with van der Waals surface area (Å²) in [4.78, 5) is 12.3. The maximum atomic E-state index is 13.3. The third-order valence-corrected chi connectivity index (χ3v) is 6.61. The number of carbonyl (C=O) groups is 1. The second-order valence-corrected chi connectivity index (χ2v) is 7.78. The molecule has 1 N–H and O–H groups in total. The molecule has 1 aromatic rings. The van der Waals surface area contributed by atoms with Crippen molar-refractivity contribution in [2.75, 3.05) is 13.7 Å². The van der Waals surface area contributed by atoms with Crippen molar-refractivity contribution in [2.45, 2.75) is 37.7 Å². The van der Waals surface area contributed by atoms with E-state index in [1.54, 1.807) is 7.11 Å². The van der Waals surface area contributed by atoms with Crippen molar-refractivity contribution in [3.05, 3.63) is 35.4 Å². The predicted octanol–water partition coefficient (Wildman–Crippen LogP) is 3.54. The molecule has 0 aromatic heterocycles. The van der Waals surface area contributed by atoms with Crippen LogP contribution in [0.2, 0.25) is 0 Å². The van der Waals surface area contributed by atoms with Crippen LogP contribution in [0.1, 0.15) is 42.5 Å². The lowest BCUT2D eigenvalue weighted by Gasteiger charge is -2.60. The smallest absolute Gasteiger partial charge is 0.251 e. The summed E-state index contributed by atoms with van der Waals surface area (Å²) in [6, 6.07) is 3.24. The van der Waals surface area contributed by atoms with Crippen LogP contribution in [-0.4, -0.2) is 25.2 Å². The van der Waals surface area contributed by atoms with Crippen molar-refractivity contribution in [2.24, 2.45) is 23.7 Å². The van der Waals surface area contributed by atoms with Gasteiger partial charge in [-0.05, 0) is 74.0 Å². The molecule has 1 amide bonds. The van der Waals surface area contributed by atoms with Gasteiger partial charge >= 0.3 is 0 Å². The number of methoxy groups -OCH3 is 1. The molecule has 4 aliphatic carbocycles. The topological polar surface area (TPSA) is 38.3 Å². The number of ether oxygens (including phenoxy) is 1. The van der Waals surface area contributed by atoms with Crippen molar-refractivity contribution in [1.29, 1.82) is 0 Å². The van der Waals surface area contributed by atoms with Crippen LogP contribution in [0, 0.1) is 35.3 Å². The van der Waals surface area contributed by atoms with E-state index in [1.165, 1.54) is 38.2 Å². The molecule has 0 radical (unpaired) electrons. The molecule has 3 nitrogen and oxygen atoms in total. The Bertz CT molecular complexity index is 633. The normalized spacial score (nSPS) is 36.8. The first-order valence-corrected chi connectivity index (χ1v) is 8.80. The molecule has 0 saturated heterocycles. The van der Waals surface area contributed by atoms with Gasteiger partial charge < -0.3 is 10.1 Å². The zero-order chi connectivity index (χ0) is 16.9. The second-order valence-electron chi connectivity index (χ2n) is 7.78. The molecule has 0 spiro atoms. The highest BCUT2D eigenvalue weighted by Gasteiger charge is 2.57. The van der Waals surface area contributed by atoms with E-state index in [0.717, 1.165) is 24.0 Å². The first-order chi connectivity index (χ1) is 11.5. The molecule has 5 heteroatoms. The number of hydrogen-bond donors (Lipinski definition) is 1. The first-order valence-electron chi connectivity index (χ1n) is 8.80. The Hall–Kier alpha value is -1.49. The lowest BCUT2D eigenvalue weighted by atomic mass is 9.49. The van der Waals surface area contributed by atoms with E-state index >= 15 is 0 Å². The van der Waals surface area contributed by atoms with Gasteiger partial charge in [0, 0.05) is 19.2 Å². The van der Waals surface area contributed by atoms with Crippen LogP contribution < -0.4 is 5.32 Å². The molecular formula is C19H23F2NO2. The van der Waals surface area contributed by atoms with Crippen LogP contribution in [0.3, 0.4) is 0 Å². The Morgan fingerprint density at radius 3 is 2.29 bits per heavy atom. The molecule has 4 fully saturated rings. The highest BCUT2D eigenvalue weighted by atomic mass is 19.2. The lowest BCUT2D eigenvalue weighted by molar-refractivity contribution is -0.186. The molecule has 0 aliphatic heterocycles. The summed E-state index contributed by atoms with van der Waals surface area (Å²) in [5.74, 6) is 0.294. The first kappa shape index (κ1) is 16.0. The molecule has 4 bridgehead atoms. The van der Waals surface area contributed by atoms with Gasteiger partial charge in [-0.1, -0.05) is 0 Å². The standard InChI is InChI=1S/C19H23F2NO2/c1-24-19(14-5-11-4-12(7-14)8-15(19)6-11)10-22-18(23)13-2-3-16(20)17(21)9-13/h2-3,9,11-12,14-15H,4-8,10H2,1H3,(H,22,23). The number of rotatable bonds is 4. The fraction of sp³-hybridized carbons (Fsp3) is 0.632. The Kier molecular flexibility index (Phi) is 3.87. The molecule has 130 valence electrons. The van der Waals surface area contributed by atoms with Gasteiger partial charge in [-0.25, -0.2) is 8.78 Å². The summed E-state index contributed by atoms with van der Waals surface area (Å²) < 4.78 is 32.4. The number of carbonyl (C=O) groups excluding carboxylic acids is 1. The highest BCUT2D eigenvalue weighted by molar-refractivity contribution is 5.94. The summed E-state index contributed by atoms with van der Waals surface area (Å²) in [5.41, 5.74) is -0.161. The average Bonchev–Trinajstić information content (AvgIpc) is 2.56. The van der Waals surface area contributed by atoms with Gasteiger partial charge in [0.15, 0.2) is 11.6 Å². The van der Waals surface area contributed by atoms with Gasteiger partial charge in [0.2, 0.25) is 0 Å². The summed E-state index contributed by atoms with van der Waals surface area (Å²) in [6.07, 6.45) is 6.08. The summed E-state index contributed by atoms with van der Waals surface area (Å²) in [6.45, 7) is 0.441. The van der Waals surface area contributed by atoms with Gasteiger partial charge in [0.1, 0.15) is 0 Å². The minimum absolute atomic E-state index is 0.143. The number of amides is 1. The maximum absolute atomic E-state index is 13.3. The van der Waals surface area contributed by atoms with E-state index in [-0.39, 0.29) is 17.1 Å². The third kappa shape index (κ3) is 2.44. The van der Waals surface area contributed by atoms with E-state index in [2.05, 4.69) is 5.32 Å². The minimum Gasteiger partial charge on any atom is -0.376 e. The van der Waals surface area contributed by atoms with Crippen LogP contribution in [0.5, 0.6) is 0 Å². The van der Waals surface area contributed by atoms with Crippen molar-refractivity contribution in [1.82, 2.24) is 5.32 Å². The quantitative estimate of drug-likeness (QED) is 0.914. The third-order valence-electron chi connectivity index (χ3n) is 6.61. The van der Waals surface area contributed by atoms with Gasteiger partial charge in [-0.2, -0.15) is 0 Å². The molecule has 4 aliphatic rings. The fourth-order valence-corrected chi connectivity index (χ4v) is 5.63. The molecule has 24 heavy (non-hydrogen) atoms. The molecule has 0 heterocycles. The van der Waals surface area contributed by atoms with E-state index in [1.807, 2.05) is 0 Å². The minimum atomic E-state index is -1.00. The molecule has 5 rings (SSSR count). The van der Waals surface area contributed by atoms with Crippen molar-refractivity contribution in [3.8, 4) is 0 Å². The Morgan fingerprint density at radius 2 is 1.75 bits per heavy atom. The fourth-order valence-electron chi connectivity index (χ4n) is 5.63. The van der Waals surface area contributed by atoms with Crippen LogP contribution in [0.4, 0.5) is 8.78 Å². The second kappa shape index (κ2) is 5.80. The maximum Gasteiger partial charge on any atom is 0.251 e. The van der Waals surface area contributed by atoms with Gasteiger partial charge in [-0.3, -0.25) is 4.79 Å². The molecule has 0 atom stereocenters. The molecular weight excluding hydrogens is 312 g/mol. The SMILES string of the molecule is COC1(CNC(=O)c2ccc(F)c(F)c2)C2CC3CC(C2)CC1C3. The predicted molar refractivity (Wildman–Crippen MR) is 85.5 cm³/mol. The van der Waals surface area contributed by atoms with Crippen LogP contribution >= 0.6 is 0 Å². The summed E-state index contributed by atoms with van der Waals surface area (Å²) in [7, 11) is 1.74. The van der Waals surface area contributed by atoms with Crippen molar-refractivity contribution >= 4 is 5.91 Å². The van der Waals surface area contributed by atoms with E-state index in [9.17, 15) is 13.6 Å². The van der Waals surface area contributed by atoms with Gasteiger partial charge in [0.25, 0.3) is 5.91 Å². The number of hydrogen-bond acceptors (Lipinski definition) is 2. The zero-order valence-electron chi connectivity index (χ0n) is 13.9. The average molecular weight is 335 g/mol. The summed E-state index contributed by atoms with van der Waals surface area (Å²) >= 11 is 0. The van der Waals surface area contributed by atoms with Crippen LogP contribution in [0.15, 0.2) is 18.2 Å². The monoisotopic (exact) mass is 335 g/mol. The molecule has 0 unspecified atom stereocenters. The Morgan fingerprint density at radius 1 is 1.12 bits per heavy atom. The largest absolute Gasteiger partial charge is 0.376 e. The van der Waals surface area contributed by atoms with Crippen LogP contribution in [0.25, 0.3) is 0 Å². The van der Waals surface area contributed by atoms with E-state index in [4.69, 9.17) is 4.74 Å².